The van der Waals surface area contributed by atoms with Gasteiger partial charge in [0.2, 0.25) is 17.7 Å². The van der Waals surface area contributed by atoms with E-state index in [-0.39, 0.29) is 50.8 Å². The molecule has 17 heteroatoms. The van der Waals surface area contributed by atoms with Crippen LogP contribution in [0, 0.1) is 0 Å². The van der Waals surface area contributed by atoms with Gasteiger partial charge in [-0.15, -0.1) is 0 Å². The molecule has 0 saturated carbocycles. The lowest BCUT2D eigenvalue weighted by molar-refractivity contribution is -0.142. The zero-order valence-corrected chi connectivity index (χ0v) is 29.7. The van der Waals surface area contributed by atoms with Gasteiger partial charge in [-0.3, -0.25) is 19.2 Å². The van der Waals surface area contributed by atoms with Crippen LogP contribution >= 0.6 is 0 Å². The number of carbonyl (C=O) groups excluding carboxylic acids is 5. The number of unbranched alkanes of at least 4 members (excludes halogenated alkanes) is 1. The van der Waals surface area contributed by atoms with Crippen LogP contribution in [0.2, 0.25) is 0 Å². The SMILES string of the molecule is C=C1C=CC(=O)N1CCC(=O)NCCOCCOCCOCCOCCC(=O)NC(C)C(=O)N[C@@H](CCCCNC(=O)OC(C)(C)C)C(=O)O. The molecule has 2 atom stereocenters. The molecule has 0 bridgehead atoms. The van der Waals surface area contributed by atoms with E-state index < -0.39 is 41.6 Å². The quantitative estimate of drug-likeness (QED) is 0.0741. The predicted octanol–water partition coefficient (Wildman–Crippen LogP) is 0.630. The molecule has 1 aliphatic heterocycles. The number of carboxylic acid groups (broad SMARTS) is 1. The molecule has 284 valence electrons. The number of amides is 5. The maximum atomic E-state index is 12.4. The number of alkyl carbamates (subject to hydrolysis) is 1. The maximum absolute atomic E-state index is 12.4. The minimum Gasteiger partial charge on any atom is -0.480 e. The van der Waals surface area contributed by atoms with Gasteiger partial charge < -0.3 is 55.0 Å². The van der Waals surface area contributed by atoms with Crippen LogP contribution in [0.25, 0.3) is 0 Å². The molecule has 0 saturated heterocycles. The van der Waals surface area contributed by atoms with Gasteiger partial charge in [0.1, 0.15) is 17.7 Å². The van der Waals surface area contributed by atoms with Crippen LogP contribution in [0.5, 0.6) is 0 Å². The van der Waals surface area contributed by atoms with Crippen LogP contribution in [0.3, 0.4) is 0 Å². The zero-order valence-electron chi connectivity index (χ0n) is 29.7. The van der Waals surface area contributed by atoms with Crippen molar-refractivity contribution in [3.63, 3.8) is 0 Å². The van der Waals surface area contributed by atoms with Crippen LogP contribution in [-0.2, 0) is 47.7 Å². The molecular formula is C33H55N5O12. The summed E-state index contributed by atoms with van der Waals surface area (Å²) in [6.45, 7) is 13.8. The normalized spacial score (nSPS) is 13.9. The number of hydrogen-bond donors (Lipinski definition) is 5. The van der Waals surface area contributed by atoms with Crippen molar-refractivity contribution in [2.75, 3.05) is 72.5 Å². The second kappa shape index (κ2) is 25.0. The molecule has 17 nitrogen and oxygen atoms in total. The summed E-state index contributed by atoms with van der Waals surface area (Å²) in [5.74, 6) is -2.60. The number of carbonyl (C=O) groups is 6. The summed E-state index contributed by atoms with van der Waals surface area (Å²) in [6.07, 6.45) is 3.74. The van der Waals surface area contributed by atoms with Gasteiger partial charge in [-0.1, -0.05) is 6.58 Å². The third-order valence-electron chi connectivity index (χ3n) is 6.72. The van der Waals surface area contributed by atoms with Crippen molar-refractivity contribution < 1.29 is 57.6 Å². The van der Waals surface area contributed by atoms with Crippen molar-refractivity contribution in [2.24, 2.45) is 0 Å². The van der Waals surface area contributed by atoms with Crippen LogP contribution in [0.15, 0.2) is 24.4 Å². The van der Waals surface area contributed by atoms with Gasteiger partial charge in [0, 0.05) is 44.2 Å². The number of aliphatic carboxylic acids is 1. The average molecular weight is 714 g/mol. The van der Waals surface area contributed by atoms with E-state index in [4.69, 9.17) is 23.7 Å². The van der Waals surface area contributed by atoms with Crippen molar-refractivity contribution in [3.8, 4) is 0 Å². The Morgan fingerprint density at radius 2 is 1.40 bits per heavy atom. The molecule has 5 N–H and O–H groups in total. The fourth-order valence-electron chi connectivity index (χ4n) is 4.15. The first-order valence-electron chi connectivity index (χ1n) is 16.7. The highest BCUT2D eigenvalue weighted by molar-refractivity contribution is 5.93. The first-order valence-corrected chi connectivity index (χ1v) is 16.7. The number of rotatable bonds is 27. The van der Waals surface area contributed by atoms with Crippen LogP contribution in [0.1, 0.15) is 59.8 Å². The molecule has 0 spiro atoms. The first kappa shape index (κ1) is 44.0. The summed E-state index contributed by atoms with van der Waals surface area (Å²) in [7, 11) is 0. The fourth-order valence-corrected chi connectivity index (χ4v) is 4.15. The Morgan fingerprint density at radius 1 is 0.800 bits per heavy atom. The second-order valence-electron chi connectivity index (χ2n) is 12.2. The molecule has 1 unspecified atom stereocenters. The number of ether oxygens (including phenoxy) is 5. The lowest BCUT2D eigenvalue weighted by atomic mass is 10.1. The molecule has 50 heavy (non-hydrogen) atoms. The molecule has 0 radical (unpaired) electrons. The van der Waals surface area contributed by atoms with Crippen LogP contribution in [0.4, 0.5) is 4.79 Å². The number of nitrogens with zero attached hydrogens (tertiary/aromatic N) is 1. The van der Waals surface area contributed by atoms with E-state index in [2.05, 4.69) is 27.8 Å². The Kier molecular flexibility index (Phi) is 22.0. The summed E-state index contributed by atoms with van der Waals surface area (Å²) in [6, 6.07) is -2.08. The highest BCUT2D eigenvalue weighted by Crippen LogP contribution is 2.12. The van der Waals surface area contributed by atoms with Crippen molar-refractivity contribution in [3.05, 3.63) is 24.4 Å². The molecule has 1 rings (SSSR count). The smallest absolute Gasteiger partial charge is 0.407 e. The molecule has 0 fully saturated rings. The Balaban J connectivity index is 1.98. The minimum atomic E-state index is -1.20. The van der Waals surface area contributed by atoms with Gasteiger partial charge in [0.25, 0.3) is 5.91 Å². The van der Waals surface area contributed by atoms with Crippen molar-refractivity contribution in [2.45, 2.75) is 77.5 Å². The fraction of sp³-hybridized carbons (Fsp3) is 0.697. The average Bonchev–Trinajstić information content (AvgIpc) is 3.35. The molecule has 5 amide bonds. The summed E-state index contributed by atoms with van der Waals surface area (Å²) < 4.78 is 26.7. The number of allylic oxidation sites excluding steroid dienone is 1. The molecule has 1 heterocycles. The van der Waals surface area contributed by atoms with Crippen molar-refractivity contribution >= 4 is 35.7 Å². The zero-order chi connectivity index (χ0) is 37.4. The predicted molar refractivity (Wildman–Crippen MR) is 181 cm³/mol. The molecule has 1 aliphatic rings. The van der Waals surface area contributed by atoms with Crippen molar-refractivity contribution in [1.29, 1.82) is 0 Å². The van der Waals surface area contributed by atoms with Gasteiger partial charge >= 0.3 is 12.1 Å². The molecule has 0 aromatic heterocycles. The molecule has 0 aromatic carbocycles. The van der Waals surface area contributed by atoms with E-state index in [0.29, 0.717) is 71.3 Å². The summed E-state index contributed by atoms with van der Waals surface area (Å²) in [4.78, 5) is 72.8. The first-order chi connectivity index (χ1) is 23.7. The topological polar surface area (TPSA) is 220 Å². The summed E-state index contributed by atoms with van der Waals surface area (Å²) in [5.41, 5.74) is -0.0407. The van der Waals surface area contributed by atoms with E-state index >= 15 is 0 Å². The van der Waals surface area contributed by atoms with E-state index in [1.54, 1.807) is 26.8 Å². The highest BCUT2D eigenvalue weighted by atomic mass is 16.6. The second-order valence-corrected chi connectivity index (χ2v) is 12.2. The number of nitrogens with one attached hydrogen (secondary N) is 4. The molecular weight excluding hydrogens is 658 g/mol. The van der Waals surface area contributed by atoms with Gasteiger partial charge in [-0.05, 0) is 53.0 Å². The van der Waals surface area contributed by atoms with Gasteiger partial charge in [-0.2, -0.15) is 0 Å². The summed E-state index contributed by atoms with van der Waals surface area (Å²) in [5, 5.41) is 19.7. The van der Waals surface area contributed by atoms with Crippen molar-refractivity contribution in [1.82, 2.24) is 26.2 Å². The molecule has 0 aromatic rings. The van der Waals surface area contributed by atoms with Gasteiger partial charge in [-0.25, -0.2) is 9.59 Å². The van der Waals surface area contributed by atoms with Crippen LogP contribution in [-0.4, -0.2) is 136 Å². The van der Waals surface area contributed by atoms with Gasteiger partial charge in [0.15, 0.2) is 0 Å². The Bertz CT molecular complexity index is 1120. The number of carboxylic acids is 1. The lowest BCUT2D eigenvalue weighted by Crippen LogP contribution is -2.50. The largest absolute Gasteiger partial charge is 0.480 e. The minimum absolute atomic E-state index is 0.00486. The third-order valence-corrected chi connectivity index (χ3v) is 6.72. The lowest BCUT2D eigenvalue weighted by Gasteiger charge is -2.20. The van der Waals surface area contributed by atoms with E-state index in [9.17, 15) is 33.9 Å². The van der Waals surface area contributed by atoms with E-state index in [0.717, 1.165) is 0 Å². The number of hydrogen-bond acceptors (Lipinski definition) is 11. The maximum Gasteiger partial charge on any atom is 0.407 e. The standard InChI is InChI=1S/C33H55N5O12/c1-24-9-10-29(41)38(24)15-11-27(39)34-14-17-47-19-21-49-23-22-48-20-18-46-16-12-28(40)36-25(2)30(42)37-26(31(43)44)8-6-7-13-35-32(45)50-33(3,4)5/h9-10,25-26H,1,6-8,11-23H2,2-5H3,(H,34,39)(H,35,45)(H,36,40)(H,37,42)(H,43,44)/t25?,26-/m0/s1. The van der Waals surface area contributed by atoms with E-state index in [1.807, 2.05) is 0 Å². The summed E-state index contributed by atoms with van der Waals surface area (Å²) >= 11 is 0. The van der Waals surface area contributed by atoms with E-state index in [1.165, 1.54) is 17.9 Å². The Hall–Kier alpha value is -4.06. The Morgan fingerprint density at radius 3 is 1.96 bits per heavy atom. The van der Waals surface area contributed by atoms with Gasteiger partial charge in [0.05, 0.1) is 52.9 Å². The van der Waals surface area contributed by atoms with Crippen LogP contribution < -0.4 is 21.3 Å². The molecule has 0 aliphatic carbocycles. The highest BCUT2D eigenvalue weighted by Gasteiger charge is 2.24. The third kappa shape index (κ3) is 21.8. The monoisotopic (exact) mass is 713 g/mol. The Labute approximate surface area is 293 Å².